The van der Waals surface area contributed by atoms with E-state index in [1.54, 1.807) is 0 Å². The molecule has 1 aliphatic heterocycles. The van der Waals surface area contributed by atoms with Crippen molar-refractivity contribution in [1.82, 2.24) is 4.90 Å². The first-order chi connectivity index (χ1) is 7.17. The Labute approximate surface area is 90.5 Å². The van der Waals surface area contributed by atoms with Crippen molar-refractivity contribution >= 4 is 0 Å². The molecule has 0 spiro atoms. The van der Waals surface area contributed by atoms with Crippen molar-refractivity contribution in [3.05, 3.63) is 35.4 Å². The molecule has 3 rings (SSSR count). The third kappa shape index (κ3) is 1.58. The predicted octanol–water partition coefficient (Wildman–Crippen LogP) is 1.70. The van der Waals surface area contributed by atoms with Gasteiger partial charge in [0.2, 0.25) is 0 Å². The highest BCUT2D eigenvalue weighted by molar-refractivity contribution is 5.33. The van der Waals surface area contributed by atoms with Crippen molar-refractivity contribution < 1.29 is 5.11 Å². The van der Waals surface area contributed by atoms with Gasteiger partial charge in [0.1, 0.15) is 0 Å². The molecular formula is C13H17NO. The number of rotatable bonds is 2. The van der Waals surface area contributed by atoms with Gasteiger partial charge in [-0.25, -0.2) is 0 Å². The fourth-order valence-electron chi connectivity index (χ4n) is 2.38. The van der Waals surface area contributed by atoms with Crippen molar-refractivity contribution in [3.63, 3.8) is 0 Å². The van der Waals surface area contributed by atoms with E-state index in [0.717, 1.165) is 18.4 Å². The van der Waals surface area contributed by atoms with Gasteiger partial charge in [-0.05, 0) is 31.0 Å². The van der Waals surface area contributed by atoms with E-state index in [1.165, 1.54) is 18.7 Å². The highest BCUT2D eigenvalue weighted by Gasteiger charge is 2.42. The summed E-state index contributed by atoms with van der Waals surface area (Å²) in [6.07, 6.45) is 1.86. The monoisotopic (exact) mass is 203 g/mol. The summed E-state index contributed by atoms with van der Waals surface area (Å²) < 4.78 is 0. The summed E-state index contributed by atoms with van der Waals surface area (Å²) in [5.41, 5.74) is 2.04. The van der Waals surface area contributed by atoms with Gasteiger partial charge in [0.15, 0.2) is 0 Å². The van der Waals surface area contributed by atoms with Crippen molar-refractivity contribution in [1.29, 1.82) is 0 Å². The minimum Gasteiger partial charge on any atom is -0.385 e. The van der Waals surface area contributed by atoms with Crippen molar-refractivity contribution in [2.45, 2.75) is 24.4 Å². The molecule has 0 aromatic heterocycles. The summed E-state index contributed by atoms with van der Waals surface area (Å²) in [6, 6.07) is 8.56. The van der Waals surface area contributed by atoms with E-state index >= 15 is 0 Å². The first-order valence-corrected chi connectivity index (χ1v) is 5.69. The lowest BCUT2D eigenvalue weighted by Crippen LogP contribution is -2.41. The summed E-state index contributed by atoms with van der Waals surface area (Å²) in [7, 11) is 2.15. The lowest BCUT2D eigenvalue weighted by Gasteiger charge is -2.36. The van der Waals surface area contributed by atoms with E-state index in [2.05, 4.69) is 36.2 Å². The molecule has 1 aliphatic carbocycles. The minimum absolute atomic E-state index is 0.477. The van der Waals surface area contributed by atoms with E-state index in [1.807, 2.05) is 0 Å². The van der Waals surface area contributed by atoms with Gasteiger partial charge in [0.25, 0.3) is 0 Å². The molecule has 0 radical (unpaired) electrons. The summed E-state index contributed by atoms with van der Waals surface area (Å²) in [4.78, 5) is 2.33. The standard InChI is InChI=1S/C13H17NO/c1-14-8-11(9-14)10-2-4-12(5-3-10)13(15)6-7-13/h2-5,11,15H,6-9H2,1H3. The van der Waals surface area contributed by atoms with Crippen molar-refractivity contribution in [2.24, 2.45) is 0 Å². The molecule has 0 unspecified atom stereocenters. The molecule has 0 bridgehead atoms. The van der Waals surface area contributed by atoms with Crippen LogP contribution in [0, 0.1) is 0 Å². The zero-order valence-corrected chi connectivity index (χ0v) is 9.11. The second-order valence-electron chi connectivity index (χ2n) is 5.07. The molecule has 0 amide bonds. The molecule has 1 aromatic carbocycles. The number of benzene rings is 1. The van der Waals surface area contributed by atoms with Gasteiger partial charge in [-0.3, -0.25) is 0 Å². The molecule has 2 heteroatoms. The predicted molar refractivity (Wildman–Crippen MR) is 59.8 cm³/mol. The second kappa shape index (κ2) is 3.06. The van der Waals surface area contributed by atoms with E-state index in [0.29, 0.717) is 5.92 Å². The highest BCUT2D eigenvalue weighted by Crippen LogP contribution is 2.45. The molecule has 2 fully saturated rings. The average molecular weight is 203 g/mol. The van der Waals surface area contributed by atoms with E-state index in [-0.39, 0.29) is 0 Å². The normalized spacial score (nSPS) is 24.9. The van der Waals surface area contributed by atoms with E-state index in [9.17, 15) is 5.11 Å². The molecular weight excluding hydrogens is 186 g/mol. The molecule has 2 nitrogen and oxygen atoms in total. The molecule has 2 aliphatic rings. The summed E-state index contributed by atoms with van der Waals surface area (Å²) in [6.45, 7) is 2.34. The maximum Gasteiger partial charge on any atom is 0.0899 e. The number of hydrogen-bond donors (Lipinski definition) is 1. The van der Waals surface area contributed by atoms with Crippen molar-refractivity contribution in [2.75, 3.05) is 20.1 Å². The zero-order chi connectivity index (χ0) is 10.5. The summed E-state index contributed by atoms with van der Waals surface area (Å²) in [5, 5.41) is 9.93. The van der Waals surface area contributed by atoms with Gasteiger partial charge >= 0.3 is 0 Å². The molecule has 1 saturated heterocycles. The first kappa shape index (κ1) is 9.37. The largest absolute Gasteiger partial charge is 0.385 e. The fraction of sp³-hybridized carbons (Fsp3) is 0.538. The number of likely N-dealkylation sites (N-methyl/N-ethyl adjacent to an activating group) is 1. The quantitative estimate of drug-likeness (QED) is 0.790. The maximum absolute atomic E-state index is 9.93. The average Bonchev–Trinajstić information content (AvgIpc) is 2.94. The Kier molecular flexibility index (Phi) is 1.91. The maximum atomic E-state index is 9.93. The zero-order valence-electron chi connectivity index (χ0n) is 9.11. The van der Waals surface area contributed by atoms with Gasteiger partial charge in [-0.1, -0.05) is 24.3 Å². The van der Waals surface area contributed by atoms with Crippen LogP contribution in [0.5, 0.6) is 0 Å². The number of hydrogen-bond acceptors (Lipinski definition) is 2. The molecule has 15 heavy (non-hydrogen) atoms. The summed E-state index contributed by atoms with van der Waals surface area (Å²) in [5.74, 6) is 0.706. The minimum atomic E-state index is -0.477. The Balaban J connectivity index is 1.76. The van der Waals surface area contributed by atoms with Gasteiger partial charge in [-0.2, -0.15) is 0 Å². The van der Waals surface area contributed by atoms with Crippen LogP contribution in [-0.2, 0) is 5.60 Å². The Hall–Kier alpha value is -0.860. The van der Waals surface area contributed by atoms with Crippen molar-refractivity contribution in [3.8, 4) is 0 Å². The number of likely N-dealkylation sites (tertiary alicyclic amines) is 1. The smallest absolute Gasteiger partial charge is 0.0899 e. The Morgan fingerprint density at radius 1 is 1.20 bits per heavy atom. The van der Waals surface area contributed by atoms with Gasteiger partial charge in [0.05, 0.1) is 5.60 Å². The second-order valence-corrected chi connectivity index (χ2v) is 5.07. The number of aliphatic hydroxyl groups is 1. The Bertz CT molecular complexity index is 361. The van der Waals surface area contributed by atoms with Crippen LogP contribution in [0.1, 0.15) is 29.9 Å². The molecule has 0 atom stereocenters. The van der Waals surface area contributed by atoms with E-state index < -0.39 is 5.60 Å². The van der Waals surface area contributed by atoms with Crippen LogP contribution in [0.2, 0.25) is 0 Å². The lowest BCUT2D eigenvalue weighted by molar-refractivity contribution is 0.151. The van der Waals surface area contributed by atoms with Crippen LogP contribution in [-0.4, -0.2) is 30.1 Å². The molecule has 1 heterocycles. The third-order valence-electron chi connectivity index (χ3n) is 3.71. The fourth-order valence-corrected chi connectivity index (χ4v) is 2.38. The van der Waals surface area contributed by atoms with Crippen LogP contribution in [0.3, 0.4) is 0 Å². The van der Waals surface area contributed by atoms with E-state index in [4.69, 9.17) is 0 Å². The van der Waals surface area contributed by atoms with Gasteiger partial charge in [-0.15, -0.1) is 0 Å². The van der Waals surface area contributed by atoms with Crippen LogP contribution in [0.15, 0.2) is 24.3 Å². The number of nitrogens with zero attached hydrogens (tertiary/aromatic N) is 1. The van der Waals surface area contributed by atoms with Crippen LogP contribution < -0.4 is 0 Å². The molecule has 80 valence electrons. The van der Waals surface area contributed by atoms with Crippen LogP contribution in [0.4, 0.5) is 0 Å². The lowest BCUT2D eigenvalue weighted by atomic mass is 9.91. The third-order valence-corrected chi connectivity index (χ3v) is 3.71. The van der Waals surface area contributed by atoms with Gasteiger partial charge < -0.3 is 10.0 Å². The van der Waals surface area contributed by atoms with Gasteiger partial charge in [0, 0.05) is 19.0 Å². The molecule has 1 N–H and O–H groups in total. The summed E-state index contributed by atoms with van der Waals surface area (Å²) >= 11 is 0. The Morgan fingerprint density at radius 2 is 1.80 bits per heavy atom. The van der Waals surface area contributed by atoms with Crippen LogP contribution in [0.25, 0.3) is 0 Å². The van der Waals surface area contributed by atoms with Crippen LogP contribution >= 0.6 is 0 Å². The highest BCUT2D eigenvalue weighted by atomic mass is 16.3. The Morgan fingerprint density at radius 3 is 2.27 bits per heavy atom. The molecule has 1 saturated carbocycles. The SMILES string of the molecule is CN1CC(c2ccc(C3(O)CC3)cc2)C1. The molecule has 1 aromatic rings. The topological polar surface area (TPSA) is 23.5 Å². The first-order valence-electron chi connectivity index (χ1n) is 5.69.